The summed E-state index contributed by atoms with van der Waals surface area (Å²) in [5, 5.41) is 1.22. The highest BCUT2D eigenvalue weighted by Crippen LogP contribution is 2.27. The zero-order valence-corrected chi connectivity index (χ0v) is 16.1. The second-order valence-electron chi connectivity index (χ2n) is 7.30. The fourth-order valence-electron chi connectivity index (χ4n) is 3.83. The number of fused-ring (bicyclic) bond motifs is 1. The molecule has 1 aromatic carbocycles. The average molecular weight is 360 g/mol. The molecule has 0 saturated carbocycles. The van der Waals surface area contributed by atoms with Gasteiger partial charge in [0, 0.05) is 44.0 Å². The third-order valence-corrected chi connectivity index (χ3v) is 5.22. The Hall–Kier alpha value is -2.95. The van der Waals surface area contributed by atoms with Crippen LogP contribution < -0.4 is 4.90 Å². The van der Waals surface area contributed by atoms with Crippen LogP contribution in [0.2, 0.25) is 0 Å². The second kappa shape index (κ2) is 6.99. The zero-order chi connectivity index (χ0) is 19.0. The molecule has 1 aliphatic rings. The Morgan fingerprint density at radius 2 is 1.78 bits per heavy atom. The Morgan fingerprint density at radius 1 is 1.00 bits per heavy atom. The Labute approximate surface area is 159 Å². The summed E-state index contributed by atoms with van der Waals surface area (Å²) in [6.45, 7) is 9.33. The van der Waals surface area contributed by atoms with Gasteiger partial charge in [-0.1, -0.05) is 6.07 Å². The first-order valence-corrected chi connectivity index (χ1v) is 9.36. The van der Waals surface area contributed by atoms with Crippen molar-refractivity contribution in [1.82, 2.24) is 14.9 Å². The lowest BCUT2D eigenvalue weighted by molar-refractivity contribution is 0.0746. The number of anilines is 1. The average Bonchev–Trinajstić information content (AvgIpc) is 2.68. The van der Waals surface area contributed by atoms with Gasteiger partial charge in [-0.15, -0.1) is 0 Å². The van der Waals surface area contributed by atoms with Gasteiger partial charge in [0.2, 0.25) is 0 Å². The van der Waals surface area contributed by atoms with Gasteiger partial charge in [-0.2, -0.15) is 0 Å². The summed E-state index contributed by atoms with van der Waals surface area (Å²) in [7, 11) is 0. The summed E-state index contributed by atoms with van der Waals surface area (Å²) in [4.78, 5) is 25.8. The topological polar surface area (TPSA) is 49.3 Å². The van der Waals surface area contributed by atoms with E-state index < -0.39 is 0 Å². The molecule has 138 valence electrons. The van der Waals surface area contributed by atoms with Crippen molar-refractivity contribution in [2.45, 2.75) is 20.8 Å². The second-order valence-corrected chi connectivity index (χ2v) is 7.30. The fourth-order valence-corrected chi connectivity index (χ4v) is 3.83. The molecule has 1 aliphatic heterocycles. The van der Waals surface area contributed by atoms with Crippen molar-refractivity contribution in [2.24, 2.45) is 0 Å². The first-order chi connectivity index (χ1) is 13.0. The maximum absolute atomic E-state index is 12.6. The van der Waals surface area contributed by atoms with Crippen LogP contribution in [-0.2, 0) is 0 Å². The summed E-state index contributed by atoms with van der Waals surface area (Å²) >= 11 is 0. The van der Waals surface area contributed by atoms with Gasteiger partial charge in [-0.25, -0.2) is 4.98 Å². The minimum Gasteiger partial charge on any atom is -0.353 e. The van der Waals surface area contributed by atoms with Crippen LogP contribution in [0.4, 0.5) is 5.82 Å². The van der Waals surface area contributed by atoms with Crippen LogP contribution in [0.5, 0.6) is 0 Å². The number of piperazine rings is 1. The molecule has 0 radical (unpaired) electrons. The van der Waals surface area contributed by atoms with Crippen molar-refractivity contribution in [3.05, 3.63) is 65.0 Å². The minimum absolute atomic E-state index is 0.0530. The van der Waals surface area contributed by atoms with Crippen molar-refractivity contribution >= 4 is 22.6 Å². The van der Waals surface area contributed by atoms with Crippen LogP contribution >= 0.6 is 0 Å². The molecule has 5 heteroatoms. The maximum atomic E-state index is 12.6. The highest BCUT2D eigenvalue weighted by atomic mass is 16.2. The standard InChI is InChI=1S/C22H24N4O/c1-15-11-16(2)19-13-17(3)21(24-20(19)12-15)25-7-9-26(10-8-25)22(27)18-5-4-6-23-14-18/h4-6,11-14H,7-10H2,1-3H3. The number of carbonyl (C=O) groups is 1. The van der Waals surface area contributed by atoms with Gasteiger partial charge in [-0.3, -0.25) is 9.78 Å². The summed E-state index contributed by atoms with van der Waals surface area (Å²) in [6, 6.07) is 10.2. The summed E-state index contributed by atoms with van der Waals surface area (Å²) < 4.78 is 0. The molecule has 5 nitrogen and oxygen atoms in total. The minimum atomic E-state index is 0.0530. The van der Waals surface area contributed by atoms with E-state index in [1.54, 1.807) is 18.5 Å². The number of benzene rings is 1. The SMILES string of the molecule is Cc1cc(C)c2cc(C)c(N3CCN(C(=O)c4cccnc4)CC3)nc2c1. The Morgan fingerprint density at radius 3 is 2.48 bits per heavy atom. The number of hydrogen-bond donors (Lipinski definition) is 0. The molecule has 1 fully saturated rings. The fraction of sp³-hybridized carbons (Fsp3) is 0.318. The highest BCUT2D eigenvalue weighted by molar-refractivity contribution is 5.94. The van der Waals surface area contributed by atoms with Crippen LogP contribution in [0.1, 0.15) is 27.0 Å². The Bertz CT molecular complexity index is 992. The van der Waals surface area contributed by atoms with E-state index in [0.29, 0.717) is 18.7 Å². The smallest absolute Gasteiger partial charge is 0.255 e. The van der Waals surface area contributed by atoms with E-state index >= 15 is 0 Å². The quantitative estimate of drug-likeness (QED) is 0.702. The van der Waals surface area contributed by atoms with Crippen molar-refractivity contribution in [3.8, 4) is 0 Å². The molecule has 3 aromatic rings. The van der Waals surface area contributed by atoms with Crippen molar-refractivity contribution in [1.29, 1.82) is 0 Å². The molecule has 1 saturated heterocycles. The first kappa shape index (κ1) is 17.5. The molecule has 0 unspecified atom stereocenters. The van der Waals surface area contributed by atoms with Gasteiger partial charge in [0.05, 0.1) is 11.1 Å². The summed E-state index contributed by atoms with van der Waals surface area (Å²) in [6.07, 6.45) is 3.32. The largest absolute Gasteiger partial charge is 0.353 e. The lowest BCUT2D eigenvalue weighted by Crippen LogP contribution is -2.49. The van der Waals surface area contributed by atoms with Crippen molar-refractivity contribution < 1.29 is 4.79 Å². The van der Waals surface area contributed by atoms with Crippen molar-refractivity contribution in [2.75, 3.05) is 31.1 Å². The lowest BCUT2D eigenvalue weighted by Gasteiger charge is -2.36. The molecule has 2 aromatic heterocycles. The molecule has 0 spiro atoms. The van der Waals surface area contributed by atoms with Crippen LogP contribution in [-0.4, -0.2) is 47.0 Å². The predicted molar refractivity (Wildman–Crippen MR) is 108 cm³/mol. The van der Waals surface area contributed by atoms with Crippen LogP contribution in [0.3, 0.4) is 0 Å². The van der Waals surface area contributed by atoms with E-state index in [0.717, 1.165) is 24.4 Å². The van der Waals surface area contributed by atoms with E-state index in [4.69, 9.17) is 4.98 Å². The molecule has 1 amide bonds. The van der Waals surface area contributed by atoms with Crippen LogP contribution in [0.15, 0.2) is 42.7 Å². The molecule has 0 N–H and O–H groups in total. The summed E-state index contributed by atoms with van der Waals surface area (Å²) in [5.41, 5.74) is 5.37. The molecular formula is C22H24N4O. The van der Waals surface area contributed by atoms with Gasteiger partial charge < -0.3 is 9.80 Å². The van der Waals surface area contributed by atoms with E-state index in [1.807, 2.05) is 11.0 Å². The van der Waals surface area contributed by atoms with E-state index in [2.05, 4.69) is 48.9 Å². The van der Waals surface area contributed by atoms with E-state index in [1.165, 1.54) is 22.1 Å². The number of carbonyl (C=O) groups excluding carboxylic acids is 1. The third kappa shape index (κ3) is 3.37. The zero-order valence-electron chi connectivity index (χ0n) is 16.1. The summed E-state index contributed by atoms with van der Waals surface area (Å²) in [5.74, 6) is 1.08. The number of hydrogen-bond acceptors (Lipinski definition) is 4. The monoisotopic (exact) mass is 360 g/mol. The van der Waals surface area contributed by atoms with Gasteiger partial charge in [-0.05, 0) is 61.7 Å². The molecule has 0 bridgehead atoms. The van der Waals surface area contributed by atoms with Gasteiger partial charge in [0.15, 0.2) is 0 Å². The molecular weight excluding hydrogens is 336 g/mol. The van der Waals surface area contributed by atoms with E-state index in [-0.39, 0.29) is 5.91 Å². The maximum Gasteiger partial charge on any atom is 0.255 e. The molecule has 27 heavy (non-hydrogen) atoms. The molecule has 3 heterocycles. The van der Waals surface area contributed by atoms with Crippen molar-refractivity contribution in [3.63, 3.8) is 0 Å². The Kier molecular flexibility index (Phi) is 4.52. The van der Waals surface area contributed by atoms with Gasteiger partial charge in [0.25, 0.3) is 5.91 Å². The normalized spacial score (nSPS) is 14.6. The number of nitrogens with zero attached hydrogens (tertiary/aromatic N) is 4. The van der Waals surface area contributed by atoms with Crippen LogP contribution in [0, 0.1) is 20.8 Å². The number of amides is 1. The molecule has 0 aliphatic carbocycles. The highest BCUT2D eigenvalue weighted by Gasteiger charge is 2.24. The van der Waals surface area contributed by atoms with E-state index in [9.17, 15) is 4.79 Å². The predicted octanol–water partition coefficient (Wildman–Crippen LogP) is 3.52. The first-order valence-electron chi connectivity index (χ1n) is 9.36. The number of aryl methyl sites for hydroxylation is 3. The third-order valence-electron chi connectivity index (χ3n) is 5.22. The number of rotatable bonds is 2. The number of pyridine rings is 2. The van der Waals surface area contributed by atoms with Gasteiger partial charge in [0.1, 0.15) is 5.82 Å². The Balaban J connectivity index is 1.54. The van der Waals surface area contributed by atoms with Crippen LogP contribution in [0.25, 0.3) is 10.9 Å². The number of aromatic nitrogens is 2. The molecule has 4 rings (SSSR count). The lowest BCUT2D eigenvalue weighted by atomic mass is 10.0. The van der Waals surface area contributed by atoms with Gasteiger partial charge >= 0.3 is 0 Å². The molecule has 0 atom stereocenters.